The van der Waals surface area contributed by atoms with E-state index in [0.717, 1.165) is 0 Å². The van der Waals surface area contributed by atoms with Crippen LogP contribution in [0.15, 0.2) is 0 Å². The Bertz CT molecular complexity index is 104. The standard InChI is InChI=1S/C10H20/c1-5-9(3)7-8-10(9,4)6-2/h5-8H2,1-4H3. The summed E-state index contributed by atoms with van der Waals surface area (Å²) in [4.78, 5) is 0. The van der Waals surface area contributed by atoms with Crippen molar-refractivity contribution >= 4 is 0 Å². The van der Waals surface area contributed by atoms with Gasteiger partial charge in [0.05, 0.1) is 0 Å². The molecule has 0 spiro atoms. The molecule has 0 heteroatoms. The normalized spacial score (nSPS) is 46.8. The fourth-order valence-electron chi connectivity index (χ4n) is 2.19. The molecule has 0 bridgehead atoms. The first-order valence-electron chi connectivity index (χ1n) is 4.58. The van der Waals surface area contributed by atoms with Gasteiger partial charge in [0.1, 0.15) is 0 Å². The van der Waals surface area contributed by atoms with Gasteiger partial charge < -0.3 is 0 Å². The first-order chi connectivity index (χ1) is 4.58. The predicted octanol–water partition coefficient (Wildman–Crippen LogP) is 3.61. The number of hydrogen-bond acceptors (Lipinski definition) is 0. The van der Waals surface area contributed by atoms with Crippen molar-refractivity contribution in [2.24, 2.45) is 10.8 Å². The molecule has 0 aliphatic heterocycles. The maximum Gasteiger partial charge on any atom is -0.0274 e. The molecule has 10 heavy (non-hydrogen) atoms. The summed E-state index contributed by atoms with van der Waals surface area (Å²) in [6.45, 7) is 9.54. The predicted molar refractivity (Wildman–Crippen MR) is 46.0 cm³/mol. The highest BCUT2D eigenvalue weighted by atomic mass is 14.5. The van der Waals surface area contributed by atoms with Crippen molar-refractivity contribution in [3.8, 4) is 0 Å². The minimum atomic E-state index is 0.668. The average Bonchev–Trinajstić information content (AvgIpc) is 1.99. The third-order valence-electron chi connectivity index (χ3n) is 4.25. The highest BCUT2D eigenvalue weighted by molar-refractivity contribution is 4.99. The summed E-state index contributed by atoms with van der Waals surface area (Å²) >= 11 is 0. The van der Waals surface area contributed by atoms with Crippen LogP contribution in [0.1, 0.15) is 53.4 Å². The zero-order valence-corrected chi connectivity index (χ0v) is 7.83. The van der Waals surface area contributed by atoms with Crippen molar-refractivity contribution in [1.29, 1.82) is 0 Å². The van der Waals surface area contributed by atoms with E-state index >= 15 is 0 Å². The Morgan fingerprint density at radius 1 is 0.900 bits per heavy atom. The van der Waals surface area contributed by atoms with Crippen LogP contribution in [0.3, 0.4) is 0 Å². The molecular weight excluding hydrogens is 120 g/mol. The lowest BCUT2D eigenvalue weighted by Crippen LogP contribution is -2.46. The molecule has 1 saturated carbocycles. The molecule has 1 fully saturated rings. The van der Waals surface area contributed by atoms with Gasteiger partial charge in [-0.2, -0.15) is 0 Å². The summed E-state index contributed by atoms with van der Waals surface area (Å²) in [6, 6.07) is 0. The Hall–Kier alpha value is 0. The van der Waals surface area contributed by atoms with Gasteiger partial charge in [-0.3, -0.25) is 0 Å². The Balaban J connectivity index is 2.64. The molecule has 0 aromatic carbocycles. The fourth-order valence-corrected chi connectivity index (χ4v) is 2.19. The SMILES string of the molecule is CCC1(C)CCC1(C)CC. The minimum absolute atomic E-state index is 0.668. The summed E-state index contributed by atoms with van der Waals surface area (Å²) < 4.78 is 0. The van der Waals surface area contributed by atoms with Gasteiger partial charge in [0.2, 0.25) is 0 Å². The highest BCUT2D eigenvalue weighted by Crippen LogP contribution is 2.60. The van der Waals surface area contributed by atoms with Crippen LogP contribution in [0, 0.1) is 10.8 Å². The zero-order chi connectivity index (χ0) is 7.83. The maximum absolute atomic E-state index is 2.44. The largest absolute Gasteiger partial charge is 0.0648 e. The lowest BCUT2D eigenvalue weighted by Gasteiger charge is -2.56. The number of hydrogen-bond donors (Lipinski definition) is 0. The second-order valence-electron chi connectivity index (χ2n) is 4.33. The van der Waals surface area contributed by atoms with Gasteiger partial charge in [0, 0.05) is 0 Å². The monoisotopic (exact) mass is 140 g/mol. The maximum atomic E-state index is 2.44. The van der Waals surface area contributed by atoms with E-state index in [1.165, 1.54) is 25.7 Å². The highest BCUT2D eigenvalue weighted by Gasteiger charge is 2.49. The molecule has 1 aliphatic carbocycles. The van der Waals surface area contributed by atoms with E-state index in [-0.39, 0.29) is 0 Å². The Morgan fingerprint density at radius 2 is 1.20 bits per heavy atom. The van der Waals surface area contributed by atoms with E-state index < -0.39 is 0 Å². The molecule has 0 heterocycles. The third-order valence-corrected chi connectivity index (χ3v) is 4.25. The summed E-state index contributed by atoms with van der Waals surface area (Å²) in [7, 11) is 0. The molecule has 0 saturated heterocycles. The van der Waals surface area contributed by atoms with Crippen molar-refractivity contribution in [3.63, 3.8) is 0 Å². The van der Waals surface area contributed by atoms with Gasteiger partial charge in [-0.25, -0.2) is 0 Å². The van der Waals surface area contributed by atoms with Gasteiger partial charge in [-0.15, -0.1) is 0 Å². The van der Waals surface area contributed by atoms with Gasteiger partial charge in [-0.05, 0) is 23.7 Å². The lowest BCUT2D eigenvalue weighted by atomic mass is 9.49. The minimum Gasteiger partial charge on any atom is -0.0648 e. The van der Waals surface area contributed by atoms with E-state index in [1.807, 2.05) is 0 Å². The first kappa shape index (κ1) is 8.10. The molecule has 0 nitrogen and oxygen atoms in total. The molecule has 1 aliphatic rings. The second-order valence-corrected chi connectivity index (χ2v) is 4.33. The van der Waals surface area contributed by atoms with Crippen LogP contribution >= 0.6 is 0 Å². The van der Waals surface area contributed by atoms with E-state index in [9.17, 15) is 0 Å². The molecule has 0 radical (unpaired) electrons. The Morgan fingerprint density at radius 3 is 1.30 bits per heavy atom. The van der Waals surface area contributed by atoms with Gasteiger partial charge in [0.25, 0.3) is 0 Å². The molecular formula is C10H20. The van der Waals surface area contributed by atoms with Gasteiger partial charge in [-0.1, -0.05) is 40.5 Å². The van der Waals surface area contributed by atoms with Crippen LogP contribution in [0.2, 0.25) is 0 Å². The Labute approximate surface area is 65.0 Å². The van der Waals surface area contributed by atoms with E-state index in [2.05, 4.69) is 27.7 Å². The smallest absolute Gasteiger partial charge is 0.0274 e. The summed E-state index contributed by atoms with van der Waals surface area (Å²) in [6.07, 6.45) is 5.62. The van der Waals surface area contributed by atoms with Crippen LogP contribution in [0.4, 0.5) is 0 Å². The van der Waals surface area contributed by atoms with Crippen molar-refractivity contribution in [2.45, 2.75) is 53.4 Å². The molecule has 0 aromatic rings. The molecule has 2 atom stereocenters. The van der Waals surface area contributed by atoms with Crippen LogP contribution in [-0.4, -0.2) is 0 Å². The third kappa shape index (κ3) is 0.810. The van der Waals surface area contributed by atoms with Gasteiger partial charge in [0.15, 0.2) is 0 Å². The lowest BCUT2D eigenvalue weighted by molar-refractivity contribution is -0.0569. The average molecular weight is 140 g/mol. The fraction of sp³-hybridized carbons (Fsp3) is 1.00. The van der Waals surface area contributed by atoms with E-state index in [4.69, 9.17) is 0 Å². The molecule has 0 amide bonds. The summed E-state index contributed by atoms with van der Waals surface area (Å²) in [5, 5.41) is 0. The number of rotatable bonds is 2. The van der Waals surface area contributed by atoms with Crippen molar-refractivity contribution < 1.29 is 0 Å². The van der Waals surface area contributed by atoms with Crippen molar-refractivity contribution in [1.82, 2.24) is 0 Å². The molecule has 0 N–H and O–H groups in total. The van der Waals surface area contributed by atoms with E-state index in [1.54, 1.807) is 0 Å². The van der Waals surface area contributed by atoms with E-state index in [0.29, 0.717) is 10.8 Å². The van der Waals surface area contributed by atoms with Crippen molar-refractivity contribution in [3.05, 3.63) is 0 Å². The second kappa shape index (κ2) is 2.25. The van der Waals surface area contributed by atoms with Crippen LogP contribution < -0.4 is 0 Å². The van der Waals surface area contributed by atoms with Crippen molar-refractivity contribution in [2.75, 3.05) is 0 Å². The molecule has 60 valence electrons. The summed E-state index contributed by atoms with van der Waals surface area (Å²) in [5.74, 6) is 0. The first-order valence-corrected chi connectivity index (χ1v) is 4.58. The topological polar surface area (TPSA) is 0 Å². The Kier molecular flexibility index (Phi) is 1.82. The molecule has 0 aromatic heterocycles. The summed E-state index contributed by atoms with van der Waals surface area (Å²) in [5.41, 5.74) is 1.34. The van der Waals surface area contributed by atoms with Crippen LogP contribution in [0.25, 0.3) is 0 Å². The quantitative estimate of drug-likeness (QED) is 0.549. The van der Waals surface area contributed by atoms with Gasteiger partial charge >= 0.3 is 0 Å². The zero-order valence-electron chi connectivity index (χ0n) is 7.83. The van der Waals surface area contributed by atoms with Crippen LogP contribution in [-0.2, 0) is 0 Å². The van der Waals surface area contributed by atoms with Crippen LogP contribution in [0.5, 0.6) is 0 Å². The molecule has 2 unspecified atom stereocenters. The molecule has 1 rings (SSSR count).